The third-order valence-electron chi connectivity index (χ3n) is 3.87. The van der Waals surface area contributed by atoms with Crippen LogP contribution >= 0.6 is 0 Å². The third kappa shape index (κ3) is 3.22. The Balaban J connectivity index is 2.47. The highest BCUT2D eigenvalue weighted by atomic mass is 16.3. The van der Waals surface area contributed by atoms with Crippen LogP contribution in [0.5, 0.6) is 5.75 Å². The molecule has 0 fully saturated rings. The highest BCUT2D eigenvalue weighted by Crippen LogP contribution is 2.37. The zero-order valence-corrected chi connectivity index (χ0v) is 12.5. The van der Waals surface area contributed by atoms with E-state index in [4.69, 9.17) is 0 Å². The summed E-state index contributed by atoms with van der Waals surface area (Å²) in [5, 5.41) is 10.1. The Morgan fingerprint density at radius 3 is 1.95 bits per heavy atom. The van der Waals surface area contributed by atoms with E-state index in [0.29, 0.717) is 11.7 Å². The van der Waals surface area contributed by atoms with Crippen LogP contribution in [0.4, 0.5) is 0 Å². The fourth-order valence-corrected chi connectivity index (χ4v) is 2.95. The van der Waals surface area contributed by atoms with Gasteiger partial charge in [0.05, 0.1) is 0 Å². The Morgan fingerprint density at radius 1 is 0.800 bits per heavy atom. The number of phenols is 1. The van der Waals surface area contributed by atoms with Crippen LogP contribution in [0.25, 0.3) is 11.1 Å². The van der Waals surface area contributed by atoms with Crippen molar-refractivity contribution < 1.29 is 5.11 Å². The number of hydrogen-bond donors (Lipinski definition) is 1. The third-order valence-corrected chi connectivity index (χ3v) is 3.87. The molecule has 0 spiro atoms. The van der Waals surface area contributed by atoms with Crippen molar-refractivity contribution in [3.63, 3.8) is 0 Å². The van der Waals surface area contributed by atoms with E-state index in [1.165, 1.54) is 36.8 Å². The number of aromatic hydroxyl groups is 1. The number of para-hydroxylation sites is 1. The van der Waals surface area contributed by atoms with Crippen molar-refractivity contribution in [1.29, 1.82) is 0 Å². The highest BCUT2D eigenvalue weighted by molar-refractivity contribution is 5.73. The van der Waals surface area contributed by atoms with Crippen molar-refractivity contribution in [3.05, 3.63) is 54.1 Å². The molecule has 0 amide bonds. The first-order valence-corrected chi connectivity index (χ1v) is 7.65. The number of phenolic OH excluding ortho intramolecular Hbond substituents is 1. The Labute approximate surface area is 122 Å². The van der Waals surface area contributed by atoms with Gasteiger partial charge in [-0.1, -0.05) is 69.2 Å². The Bertz CT molecular complexity index is 539. The molecule has 0 aliphatic heterocycles. The van der Waals surface area contributed by atoms with Crippen molar-refractivity contribution in [3.8, 4) is 16.9 Å². The quantitative estimate of drug-likeness (QED) is 0.708. The van der Waals surface area contributed by atoms with Crippen LogP contribution in [0.3, 0.4) is 0 Å². The normalized spacial score (nSPS) is 10.9. The molecular formula is C19H24O. The standard InChI is InChI=1S/C19H24O/c1-3-9-15(10-4-2)16-11-5-6-12-17(16)18-13-7-8-14-19(18)20/h5-8,11-15,20H,3-4,9-10H2,1-2H3. The predicted molar refractivity (Wildman–Crippen MR) is 86.1 cm³/mol. The van der Waals surface area contributed by atoms with Crippen LogP contribution in [-0.2, 0) is 0 Å². The van der Waals surface area contributed by atoms with Gasteiger partial charge < -0.3 is 5.11 Å². The van der Waals surface area contributed by atoms with Gasteiger partial charge in [0.25, 0.3) is 0 Å². The van der Waals surface area contributed by atoms with Gasteiger partial charge in [-0.05, 0) is 36.0 Å². The van der Waals surface area contributed by atoms with E-state index in [0.717, 1.165) is 5.56 Å². The molecule has 1 heteroatoms. The Hall–Kier alpha value is -1.76. The molecule has 2 aromatic carbocycles. The molecule has 0 saturated carbocycles. The summed E-state index contributed by atoms with van der Waals surface area (Å²) >= 11 is 0. The first-order valence-electron chi connectivity index (χ1n) is 7.65. The molecular weight excluding hydrogens is 244 g/mol. The molecule has 0 heterocycles. The minimum atomic E-state index is 0.367. The SMILES string of the molecule is CCCC(CCC)c1ccccc1-c1ccccc1O. The van der Waals surface area contributed by atoms with Gasteiger partial charge >= 0.3 is 0 Å². The van der Waals surface area contributed by atoms with E-state index in [1.807, 2.05) is 18.2 Å². The van der Waals surface area contributed by atoms with Crippen molar-refractivity contribution in [2.75, 3.05) is 0 Å². The number of rotatable bonds is 6. The first kappa shape index (κ1) is 14.6. The van der Waals surface area contributed by atoms with Crippen molar-refractivity contribution in [2.45, 2.75) is 45.4 Å². The summed E-state index contributed by atoms with van der Waals surface area (Å²) in [5.41, 5.74) is 3.50. The summed E-state index contributed by atoms with van der Waals surface area (Å²) in [7, 11) is 0. The molecule has 0 aliphatic rings. The maximum Gasteiger partial charge on any atom is 0.123 e. The molecule has 0 aromatic heterocycles. The molecule has 0 aliphatic carbocycles. The number of benzene rings is 2. The fourth-order valence-electron chi connectivity index (χ4n) is 2.95. The van der Waals surface area contributed by atoms with E-state index >= 15 is 0 Å². The maximum absolute atomic E-state index is 10.1. The van der Waals surface area contributed by atoms with Crippen LogP contribution in [-0.4, -0.2) is 5.11 Å². The molecule has 0 saturated heterocycles. The lowest BCUT2D eigenvalue weighted by molar-refractivity contribution is 0.477. The largest absolute Gasteiger partial charge is 0.507 e. The first-order chi connectivity index (χ1) is 9.77. The van der Waals surface area contributed by atoms with Crippen LogP contribution in [0, 0.1) is 0 Å². The van der Waals surface area contributed by atoms with E-state index in [-0.39, 0.29) is 0 Å². The molecule has 2 aromatic rings. The lowest BCUT2D eigenvalue weighted by Gasteiger charge is -2.20. The van der Waals surface area contributed by atoms with E-state index < -0.39 is 0 Å². The Morgan fingerprint density at radius 2 is 1.35 bits per heavy atom. The molecule has 0 unspecified atom stereocenters. The van der Waals surface area contributed by atoms with Crippen LogP contribution in [0.1, 0.15) is 51.0 Å². The van der Waals surface area contributed by atoms with Crippen LogP contribution in [0.2, 0.25) is 0 Å². The highest BCUT2D eigenvalue weighted by Gasteiger charge is 2.16. The van der Waals surface area contributed by atoms with Gasteiger partial charge in [-0.3, -0.25) is 0 Å². The zero-order chi connectivity index (χ0) is 14.4. The van der Waals surface area contributed by atoms with E-state index in [1.54, 1.807) is 6.07 Å². The molecule has 0 bridgehead atoms. The smallest absolute Gasteiger partial charge is 0.123 e. The topological polar surface area (TPSA) is 20.2 Å². The van der Waals surface area contributed by atoms with Gasteiger partial charge in [0.2, 0.25) is 0 Å². The molecule has 2 rings (SSSR count). The van der Waals surface area contributed by atoms with Gasteiger partial charge in [-0.25, -0.2) is 0 Å². The van der Waals surface area contributed by atoms with Gasteiger partial charge in [-0.2, -0.15) is 0 Å². The monoisotopic (exact) mass is 268 g/mol. The lowest BCUT2D eigenvalue weighted by atomic mass is 9.85. The van der Waals surface area contributed by atoms with Gasteiger partial charge in [-0.15, -0.1) is 0 Å². The molecule has 0 atom stereocenters. The van der Waals surface area contributed by atoms with Crippen LogP contribution < -0.4 is 0 Å². The fraction of sp³-hybridized carbons (Fsp3) is 0.368. The van der Waals surface area contributed by atoms with Crippen LogP contribution in [0.15, 0.2) is 48.5 Å². The minimum absolute atomic E-state index is 0.367. The number of hydrogen-bond acceptors (Lipinski definition) is 1. The minimum Gasteiger partial charge on any atom is -0.507 e. The summed E-state index contributed by atoms with van der Waals surface area (Å²) in [6, 6.07) is 16.1. The maximum atomic E-state index is 10.1. The Kier molecular flexibility index (Phi) is 5.23. The zero-order valence-electron chi connectivity index (χ0n) is 12.5. The average molecular weight is 268 g/mol. The predicted octanol–water partition coefficient (Wildman–Crippen LogP) is 5.74. The molecule has 0 radical (unpaired) electrons. The molecule has 1 N–H and O–H groups in total. The summed E-state index contributed by atoms with van der Waals surface area (Å²) in [4.78, 5) is 0. The average Bonchev–Trinajstić information content (AvgIpc) is 2.48. The summed E-state index contributed by atoms with van der Waals surface area (Å²) in [6.45, 7) is 4.48. The second kappa shape index (κ2) is 7.14. The molecule has 106 valence electrons. The lowest BCUT2D eigenvalue weighted by Crippen LogP contribution is -2.01. The summed E-state index contributed by atoms with van der Waals surface area (Å²) in [6.07, 6.45) is 4.80. The van der Waals surface area contributed by atoms with Gasteiger partial charge in [0.1, 0.15) is 5.75 Å². The van der Waals surface area contributed by atoms with E-state index in [9.17, 15) is 5.11 Å². The van der Waals surface area contributed by atoms with Crippen molar-refractivity contribution >= 4 is 0 Å². The summed E-state index contributed by atoms with van der Waals surface area (Å²) in [5.74, 6) is 0.951. The van der Waals surface area contributed by atoms with E-state index in [2.05, 4.69) is 38.1 Å². The second-order valence-electron chi connectivity index (χ2n) is 5.38. The molecule has 1 nitrogen and oxygen atoms in total. The second-order valence-corrected chi connectivity index (χ2v) is 5.38. The van der Waals surface area contributed by atoms with Crippen molar-refractivity contribution in [1.82, 2.24) is 0 Å². The van der Waals surface area contributed by atoms with Crippen molar-refractivity contribution in [2.24, 2.45) is 0 Å². The molecule has 20 heavy (non-hydrogen) atoms. The van der Waals surface area contributed by atoms with Gasteiger partial charge in [0.15, 0.2) is 0 Å². The summed E-state index contributed by atoms with van der Waals surface area (Å²) < 4.78 is 0. The van der Waals surface area contributed by atoms with Gasteiger partial charge in [0, 0.05) is 5.56 Å².